The molecule has 1 heterocycles. The molecule has 0 fully saturated rings. The van der Waals surface area contributed by atoms with Crippen molar-refractivity contribution in [3.63, 3.8) is 0 Å². The van der Waals surface area contributed by atoms with Crippen LogP contribution in [0.1, 0.15) is 40.1 Å². The van der Waals surface area contributed by atoms with Gasteiger partial charge < -0.3 is 14.8 Å². The lowest BCUT2D eigenvalue weighted by atomic mass is 10.0. The molecular weight excluding hydrogens is 412 g/mol. The molecular formula is C24H26N2O6. The van der Waals surface area contributed by atoms with E-state index in [2.05, 4.69) is 5.32 Å². The van der Waals surface area contributed by atoms with E-state index in [1.54, 1.807) is 45.2 Å². The summed E-state index contributed by atoms with van der Waals surface area (Å²) in [7, 11) is 1.59. The third-order valence-corrected chi connectivity index (χ3v) is 5.22. The van der Waals surface area contributed by atoms with Crippen LogP contribution in [0.3, 0.4) is 0 Å². The number of ether oxygens (including phenoxy) is 2. The van der Waals surface area contributed by atoms with Gasteiger partial charge in [-0.3, -0.25) is 19.3 Å². The minimum atomic E-state index is -1.12. The Hall–Kier alpha value is -3.68. The molecule has 0 spiro atoms. The van der Waals surface area contributed by atoms with Crippen LogP contribution < -0.4 is 10.1 Å². The molecule has 0 aromatic heterocycles. The van der Waals surface area contributed by atoms with Crippen molar-refractivity contribution in [2.45, 2.75) is 26.3 Å². The molecule has 1 aliphatic rings. The van der Waals surface area contributed by atoms with Crippen molar-refractivity contribution in [2.75, 3.05) is 20.3 Å². The lowest BCUT2D eigenvalue weighted by Crippen LogP contribution is -2.49. The molecule has 0 saturated heterocycles. The predicted octanol–water partition coefficient (Wildman–Crippen LogP) is 2.22. The SMILES string of the molecule is COc1ccc(CCNC(=O)COC(=O)[C@H](C(C)C)N2C(=O)c3ccccc3C2=O)cc1. The average molecular weight is 438 g/mol. The third kappa shape index (κ3) is 4.96. The number of esters is 1. The third-order valence-electron chi connectivity index (χ3n) is 5.22. The maximum absolute atomic E-state index is 12.7. The van der Waals surface area contributed by atoms with E-state index in [-0.39, 0.29) is 17.0 Å². The zero-order valence-electron chi connectivity index (χ0n) is 18.3. The Bertz CT molecular complexity index is 980. The Morgan fingerprint density at radius 2 is 1.56 bits per heavy atom. The number of benzene rings is 2. The summed E-state index contributed by atoms with van der Waals surface area (Å²) in [5.74, 6) is -1.96. The van der Waals surface area contributed by atoms with Crippen molar-refractivity contribution in [1.29, 1.82) is 0 Å². The smallest absolute Gasteiger partial charge is 0.330 e. The molecule has 2 aromatic carbocycles. The monoisotopic (exact) mass is 438 g/mol. The number of hydrogen-bond donors (Lipinski definition) is 1. The minimum Gasteiger partial charge on any atom is -0.497 e. The summed E-state index contributed by atoms with van der Waals surface area (Å²) in [6, 6.07) is 12.8. The van der Waals surface area contributed by atoms with Crippen LogP contribution in [0, 0.1) is 5.92 Å². The number of rotatable bonds is 9. The second-order valence-electron chi connectivity index (χ2n) is 7.77. The van der Waals surface area contributed by atoms with E-state index in [0.717, 1.165) is 16.2 Å². The highest BCUT2D eigenvalue weighted by atomic mass is 16.5. The molecule has 0 unspecified atom stereocenters. The number of nitrogens with one attached hydrogen (secondary N) is 1. The van der Waals surface area contributed by atoms with E-state index in [1.807, 2.05) is 24.3 Å². The molecule has 3 amide bonds. The highest BCUT2D eigenvalue weighted by Crippen LogP contribution is 2.27. The van der Waals surface area contributed by atoms with Gasteiger partial charge in [-0.1, -0.05) is 38.1 Å². The highest BCUT2D eigenvalue weighted by molar-refractivity contribution is 6.22. The van der Waals surface area contributed by atoms with E-state index in [0.29, 0.717) is 13.0 Å². The van der Waals surface area contributed by atoms with E-state index in [1.165, 1.54) is 0 Å². The van der Waals surface area contributed by atoms with E-state index in [9.17, 15) is 19.2 Å². The van der Waals surface area contributed by atoms with Crippen LogP contribution in [0.15, 0.2) is 48.5 Å². The van der Waals surface area contributed by atoms with Gasteiger partial charge in [0.05, 0.1) is 18.2 Å². The number of nitrogens with zero attached hydrogens (tertiary/aromatic N) is 1. The van der Waals surface area contributed by atoms with Crippen LogP contribution in [-0.4, -0.2) is 54.9 Å². The molecule has 0 radical (unpaired) electrons. The molecule has 8 heteroatoms. The van der Waals surface area contributed by atoms with Crippen LogP contribution >= 0.6 is 0 Å². The predicted molar refractivity (Wildman–Crippen MR) is 116 cm³/mol. The summed E-state index contributed by atoms with van der Waals surface area (Å²) in [6.45, 7) is 3.30. The topological polar surface area (TPSA) is 102 Å². The van der Waals surface area contributed by atoms with Crippen LogP contribution in [0.4, 0.5) is 0 Å². The van der Waals surface area contributed by atoms with Crippen molar-refractivity contribution in [3.8, 4) is 5.75 Å². The number of amides is 3. The van der Waals surface area contributed by atoms with Crippen molar-refractivity contribution in [1.82, 2.24) is 10.2 Å². The Morgan fingerprint density at radius 1 is 0.969 bits per heavy atom. The Kier molecular flexibility index (Phi) is 7.25. The van der Waals surface area contributed by atoms with Crippen molar-refractivity contribution >= 4 is 23.7 Å². The summed E-state index contributed by atoms with van der Waals surface area (Å²) in [6.07, 6.45) is 0.605. The van der Waals surface area contributed by atoms with Crippen molar-refractivity contribution in [2.24, 2.45) is 5.92 Å². The fraction of sp³-hybridized carbons (Fsp3) is 0.333. The van der Waals surface area contributed by atoms with E-state index in [4.69, 9.17) is 9.47 Å². The largest absolute Gasteiger partial charge is 0.497 e. The standard InChI is InChI=1S/C24H26N2O6/c1-15(2)21(26-22(28)18-6-4-5-7-19(18)23(26)29)24(30)32-14-20(27)25-13-12-16-8-10-17(31-3)11-9-16/h4-11,15,21H,12-14H2,1-3H3,(H,25,27)/t21-/m0/s1. The first kappa shape index (κ1) is 23.0. The van der Waals surface area contributed by atoms with E-state index < -0.39 is 36.3 Å². The number of methoxy groups -OCH3 is 1. The molecule has 1 aliphatic heterocycles. The Morgan fingerprint density at radius 3 is 2.09 bits per heavy atom. The van der Waals surface area contributed by atoms with Gasteiger partial charge in [-0.2, -0.15) is 0 Å². The second kappa shape index (κ2) is 10.1. The van der Waals surface area contributed by atoms with Gasteiger partial charge in [0.15, 0.2) is 6.61 Å². The lowest BCUT2D eigenvalue weighted by Gasteiger charge is -2.27. The molecule has 32 heavy (non-hydrogen) atoms. The highest BCUT2D eigenvalue weighted by Gasteiger charge is 2.44. The Balaban J connectivity index is 1.53. The molecule has 1 N–H and O–H groups in total. The fourth-order valence-corrected chi connectivity index (χ4v) is 3.55. The number of carbonyl (C=O) groups is 4. The summed E-state index contributed by atoms with van der Waals surface area (Å²) < 4.78 is 10.3. The van der Waals surface area contributed by atoms with Crippen LogP contribution in [0.25, 0.3) is 0 Å². The minimum absolute atomic E-state index is 0.257. The lowest BCUT2D eigenvalue weighted by molar-refractivity contribution is -0.153. The number of hydrogen-bond acceptors (Lipinski definition) is 6. The zero-order chi connectivity index (χ0) is 23.3. The van der Waals surface area contributed by atoms with Gasteiger partial charge in [-0.15, -0.1) is 0 Å². The van der Waals surface area contributed by atoms with Gasteiger partial charge in [0.1, 0.15) is 11.8 Å². The van der Waals surface area contributed by atoms with Crippen LogP contribution in [-0.2, 0) is 20.7 Å². The summed E-state index contributed by atoms with van der Waals surface area (Å²) >= 11 is 0. The van der Waals surface area contributed by atoms with Gasteiger partial charge in [0, 0.05) is 6.54 Å². The first-order valence-corrected chi connectivity index (χ1v) is 10.4. The first-order valence-electron chi connectivity index (χ1n) is 10.4. The summed E-state index contributed by atoms with van der Waals surface area (Å²) in [5, 5.41) is 2.69. The molecule has 0 bridgehead atoms. The van der Waals surface area contributed by atoms with E-state index >= 15 is 0 Å². The molecule has 0 saturated carbocycles. The quantitative estimate of drug-likeness (QED) is 0.476. The molecule has 168 valence electrons. The van der Waals surface area contributed by atoms with Gasteiger partial charge in [0.25, 0.3) is 17.7 Å². The summed E-state index contributed by atoms with van der Waals surface area (Å²) in [5.41, 5.74) is 1.54. The molecule has 2 aromatic rings. The summed E-state index contributed by atoms with van der Waals surface area (Å²) in [4.78, 5) is 51.2. The van der Waals surface area contributed by atoms with Crippen molar-refractivity contribution in [3.05, 3.63) is 65.2 Å². The normalized spacial score (nSPS) is 13.7. The number of fused-ring (bicyclic) bond motifs is 1. The average Bonchev–Trinajstić information content (AvgIpc) is 3.03. The van der Waals surface area contributed by atoms with Crippen molar-refractivity contribution < 1.29 is 28.7 Å². The number of carbonyl (C=O) groups excluding carboxylic acids is 4. The zero-order valence-corrected chi connectivity index (χ0v) is 18.3. The molecule has 8 nitrogen and oxygen atoms in total. The maximum atomic E-state index is 12.7. The van der Waals surface area contributed by atoms with Crippen LogP contribution in [0.5, 0.6) is 5.75 Å². The molecule has 0 aliphatic carbocycles. The molecule has 1 atom stereocenters. The van der Waals surface area contributed by atoms with Crippen LogP contribution in [0.2, 0.25) is 0 Å². The number of imide groups is 1. The first-order chi connectivity index (χ1) is 15.3. The fourth-order valence-electron chi connectivity index (χ4n) is 3.55. The maximum Gasteiger partial charge on any atom is 0.330 e. The van der Waals surface area contributed by atoms with Gasteiger partial charge in [-0.25, -0.2) is 4.79 Å². The second-order valence-corrected chi connectivity index (χ2v) is 7.77. The molecule has 3 rings (SSSR count). The van der Waals surface area contributed by atoms with Gasteiger partial charge >= 0.3 is 5.97 Å². The van der Waals surface area contributed by atoms with Gasteiger partial charge in [-0.05, 0) is 42.2 Å². The Labute approximate surface area is 186 Å². The van der Waals surface area contributed by atoms with Gasteiger partial charge in [0.2, 0.25) is 0 Å².